The van der Waals surface area contributed by atoms with Gasteiger partial charge in [0.25, 0.3) is 0 Å². The van der Waals surface area contributed by atoms with Crippen LogP contribution in [0.15, 0.2) is 24.5 Å². The lowest BCUT2D eigenvalue weighted by molar-refractivity contribution is -0.125. The second kappa shape index (κ2) is 5.95. The minimum absolute atomic E-state index is 0.0132. The Morgan fingerprint density at radius 3 is 2.96 bits per heavy atom. The minimum Gasteiger partial charge on any atom is -0.497 e. The van der Waals surface area contributed by atoms with Gasteiger partial charge in [0, 0.05) is 6.07 Å². The van der Waals surface area contributed by atoms with E-state index in [9.17, 15) is 9.59 Å². The van der Waals surface area contributed by atoms with Crippen LogP contribution in [0.1, 0.15) is 12.5 Å². The van der Waals surface area contributed by atoms with Gasteiger partial charge in [0.15, 0.2) is 0 Å². The highest BCUT2D eigenvalue weighted by atomic mass is 16.5. The lowest BCUT2D eigenvalue weighted by atomic mass is 10.1. The number of carbonyl (C=O) groups is 2. The Kier molecular flexibility index (Phi) is 3.83. The molecule has 9 heteroatoms. The number of methoxy groups -OCH3 is 2. The Hall–Kier alpha value is -3.10. The maximum atomic E-state index is 12.5. The van der Waals surface area contributed by atoms with Crippen LogP contribution in [0.5, 0.6) is 11.5 Å². The number of nitrogens with zero attached hydrogens (tertiary/aromatic N) is 3. The normalized spacial score (nSPS) is 16.3. The monoisotopic (exact) mass is 317 g/mol. The van der Waals surface area contributed by atoms with Gasteiger partial charge in [-0.3, -0.25) is 14.9 Å². The van der Waals surface area contributed by atoms with Crippen LogP contribution in [-0.2, 0) is 9.59 Å². The third kappa shape index (κ3) is 2.80. The second-order valence-corrected chi connectivity index (χ2v) is 4.85. The highest BCUT2D eigenvalue weighted by Crippen LogP contribution is 2.30. The number of nitrogens with one attached hydrogen (secondary N) is 2. The van der Waals surface area contributed by atoms with Gasteiger partial charge >= 0.3 is 0 Å². The molecular weight excluding hydrogens is 302 g/mol. The molecule has 0 aliphatic carbocycles. The summed E-state index contributed by atoms with van der Waals surface area (Å²) in [6.45, 7) is 0. The van der Waals surface area contributed by atoms with Crippen molar-refractivity contribution < 1.29 is 19.1 Å². The van der Waals surface area contributed by atoms with Crippen molar-refractivity contribution in [2.24, 2.45) is 0 Å². The van der Waals surface area contributed by atoms with Crippen LogP contribution >= 0.6 is 0 Å². The summed E-state index contributed by atoms with van der Waals surface area (Å²) in [5, 5.41) is 9.29. The molecule has 3 rings (SSSR count). The van der Waals surface area contributed by atoms with E-state index in [4.69, 9.17) is 9.47 Å². The average molecular weight is 317 g/mol. The van der Waals surface area contributed by atoms with Crippen LogP contribution in [0, 0.1) is 0 Å². The molecule has 2 heterocycles. The van der Waals surface area contributed by atoms with Gasteiger partial charge < -0.3 is 14.8 Å². The van der Waals surface area contributed by atoms with Gasteiger partial charge in [-0.25, -0.2) is 4.68 Å². The van der Waals surface area contributed by atoms with Crippen molar-refractivity contribution >= 4 is 23.5 Å². The van der Waals surface area contributed by atoms with Gasteiger partial charge in [-0.15, -0.1) is 0 Å². The first kappa shape index (κ1) is 14.8. The number of carbonyl (C=O) groups excluding carboxylic acids is 2. The summed E-state index contributed by atoms with van der Waals surface area (Å²) in [6.07, 6.45) is 1.27. The first-order valence-corrected chi connectivity index (χ1v) is 6.84. The molecule has 2 N–H and O–H groups in total. The van der Waals surface area contributed by atoms with Crippen molar-refractivity contribution in [2.45, 2.75) is 12.5 Å². The second-order valence-electron chi connectivity index (χ2n) is 4.85. The SMILES string of the molecule is COc1ccc(NC(=O)[C@@H]2CC(=O)Nc3ncnn32)c(OC)c1. The van der Waals surface area contributed by atoms with Gasteiger partial charge in [0.2, 0.25) is 17.8 Å². The highest BCUT2D eigenvalue weighted by Gasteiger charge is 2.32. The largest absolute Gasteiger partial charge is 0.497 e. The third-order valence-electron chi connectivity index (χ3n) is 3.47. The summed E-state index contributed by atoms with van der Waals surface area (Å²) in [4.78, 5) is 28.1. The number of rotatable bonds is 4. The highest BCUT2D eigenvalue weighted by molar-refractivity contribution is 6.01. The molecular formula is C14H15N5O4. The fraction of sp³-hybridized carbons (Fsp3) is 0.286. The number of amides is 2. The lowest BCUT2D eigenvalue weighted by Crippen LogP contribution is -2.36. The van der Waals surface area contributed by atoms with Crippen molar-refractivity contribution in [1.29, 1.82) is 0 Å². The van der Waals surface area contributed by atoms with E-state index in [0.717, 1.165) is 0 Å². The van der Waals surface area contributed by atoms with Crippen LogP contribution in [0.3, 0.4) is 0 Å². The van der Waals surface area contributed by atoms with Crippen molar-refractivity contribution in [3.05, 3.63) is 24.5 Å². The Labute approximate surface area is 131 Å². The summed E-state index contributed by atoms with van der Waals surface area (Å²) in [5.41, 5.74) is 0.478. The van der Waals surface area contributed by atoms with E-state index in [1.165, 1.54) is 18.1 Å². The summed E-state index contributed by atoms with van der Waals surface area (Å²) in [6, 6.07) is 4.25. The van der Waals surface area contributed by atoms with E-state index < -0.39 is 6.04 Å². The molecule has 1 aliphatic rings. The van der Waals surface area contributed by atoms with Crippen LogP contribution in [0.25, 0.3) is 0 Å². The van der Waals surface area contributed by atoms with E-state index in [0.29, 0.717) is 17.2 Å². The van der Waals surface area contributed by atoms with Gasteiger partial charge in [0.1, 0.15) is 23.9 Å². The Morgan fingerprint density at radius 2 is 2.22 bits per heavy atom. The molecule has 1 aromatic carbocycles. The number of ether oxygens (including phenoxy) is 2. The third-order valence-corrected chi connectivity index (χ3v) is 3.47. The number of benzene rings is 1. The molecule has 1 aromatic heterocycles. The zero-order valence-electron chi connectivity index (χ0n) is 12.6. The van der Waals surface area contributed by atoms with E-state index in [1.807, 2.05) is 0 Å². The summed E-state index contributed by atoms with van der Waals surface area (Å²) < 4.78 is 11.7. The van der Waals surface area contributed by atoms with Crippen molar-refractivity contribution in [3.63, 3.8) is 0 Å². The van der Waals surface area contributed by atoms with Crippen LogP contribution in [0.4, 0.5) is 11.6 Å². The molecule has 0 fully saturated rings. The topological polar surface area (TPSA) is 107 Å². The molecule has 1 aliphatic heterocycles. The van der Waals surface area contributed by atoms with Gasteiger partial charge in [-0.2, -0.15) is 10.1 Å². The van der Waals surface area contributed by atoms with Gasteiger partial charge in [-0.1, -0.05) is 0 Å². The first-order chi connectivity index (χ1) is 11.1. The van der Waals surface area contributed by atoms with Crippen molar-refractivity contribution in [1.82, 2.24) is 14.8 Å². The first-order valence-electron chi connectivity index (χ1n) is 6.84. The van der Waals surface area contributed by atoms with Crippen LogP contribution in [0.2, 0.25) is 0 Å². The standard InChI is InChI=1S/C14H15N5O4/c1-22-8-3-4-9(11(5-8)23-2)17-13(21)10-6-12(20)18-14-15-7-16-19(10)14/h3-5,7,10H,6H2,1-2H3,(H,17,21)(H,15,16,18,20)/t10-/m0/s1. The molecule has 1 atom stereocenters. The zero-order chi connectivity index (χ0) is 16.4. The van der Waals surface area contributed by atoms with Crippen LogP contribution < -0.4 is 20.1 Å². The molecule has 0 saturated heterocycles. The zero-order valence-corrected chi connectivity index (χ0v) is 12.6. The fourth-order valence-corrected chi connectivity index (χ4v) is 2.33. The maximum absolute atomic E-state index is 12.5. The minimum atomic E-state index is -0.770. The van der Waals surface area contributed by atoms with Crippen molar-refractivity contribution in [2.75, 3.05) is 24.9 Å². The lowest BCUT2D eigenvalue weighted by Gasteiger charge is -2.23. The molecule has 0 spiro atoms. The number of aromatic nitrogens is 3. The molecule has 0 bridgehead atoms. The van der Waals surface area contributed by atoms with E-state index in [1.54, 1.807) is 25.3 Å². The van der Waals surface area contributed by atoms with Crippen molar-refractivity contribution in [3.8, 4) is 11.5 Å². The molecule has 2 amide bonds. The Morgan fingerprint density at radius 1 is 1.39 bits per heavy atom. The molecule has 9 nitrogen and oxygen atoms in total. The summed E-state index contributed by atoms with van der Waals surface area (Å²) >= 11 is 0. The molecule has 23 heavy (non-hydrogen) atoms. The predicted octanol–water partition coefficient (Wildman–Crippen LogP) is 0.817. The maximum Gasteiger partial charge on any atom is 0.250 e. The number of anilines is 2. The Bertz CT molecular complexity index is 757. The Balaban J connectivity index is 1.84. The van der Waals surface area contributed by atoms with Crippen LogP contribution in [-0.4, -0.2) is 40.8 Å². The number of hydrogen-bond acceptors (Lipinski definition) is 6. The molecule has 0 unspecified atom stereocenters. The number of hydrogen-bond donors (Lipinski definition) is 2. The summed E-state index contributed by atoms with van der Waals surface area (Å²) in [7, 11) is 3.04. The van der Waals surface area contributed by atoms with Gasteiger partial charge in [0.05, 0.1) is 26.3 Å². The van der Waals surface area contributed by atoms with Gasteiger partial charge in [-0.05, 0) is 12.1 Å². The smallest absolute Gasteiger partial charge is 0.250 e. The van der Waals surface area contributed by atoms with E-state index >= 15 is 0 Å². The van der Waals surface area contributed by atoms with E-state index in [-0.39, 0.29) is 24.2 Å². The molecule has 2 aromatic rings. The number of fused-ring (bicyclic) bond motifs is 1. The fourth-order valence-electron chi connectivity index (χ4n) is 2.33. The van der Waals surface area contributed by atoms with E-state index in [2.05, 4.69) is 20.7 Å². The molecule has 0 radical (unpaired) electrons. The average Bonchev–Trinajstić information content (AvgIpc) is 3.02. The summed E-state index contributed by atoms with van der Waals surface area (Å²) in [5.74, 6) is 0.651. The molecule has 120 valence electrons. The quantitative estimate of drug-likeness (QED) is 0.864. The predicted molar refractivity (Wildman–Crippen MR) is 80.5 cm³/mol. The molecule has 0 saturated carbocycles.